The van der Waals surface area contributed by atoms with Crippen molar-refractivity contribution in [3.63, 3.8) is 0 Å². The minimum absolute atomic E-state index is 0.0591. The Balaban J connectivity index is 1.30. The van der Waals surface area contributed by atoms with E-state index >= 15 is 0 Å². The van der Waals surface area contributed by atoms with Crippen LogP contribution < -0.4 is 5.76 Å². The number of para-hydroxylation sites is 1. The molecule has 5 rings (SSSR count). The molecule has 1 fully saturated rings. The summed E-state index contributed by atoms with van der Waals surface area (Å²) >= 11 is 1.67. The quantitative estimate of drug-likeness (QED) is 0.486. The van der Waals surface area contributed by atoms with Crippen LogP contribution in [0.5, 0.6) is 0 Å². The van der Waals surface area contributed by atoms with E-state index in [0.717, 1.165) is 32.7 Å². The molecule has 2 aromatic carbocycles. The Morgan fingerprint density at radius 3 is 2.81 bits per heavy atom. The van der Waals surface area contributed by atoms with Gasteiger partial charge in [0.25, 0.3) is 0 Å². The van der Waals surface area contributed by atoms with Crippen LogP contribution in [0.15, 0.2) is 57.7 Å². The summed E-state index contributed by atoms with van der Waals surface area (Å²) in [5, 5.41) is 5.15. The lowest BCUT2D eigenvalue weighted by molar-refractivity contribution is -0.133. The van der Waals surface area contributed by atoms with Gasteiger partial charge in [-0.3, -0.25) is 4.79 Å². The van der Waals surface area contributed by atoms with Crippen LogP contribution in [0.4, 0.5) is 4.39 Å². The van der Waals surface area contributed by atoms with Crippen molar-refractivity contribution in [3.8, 4) is 11.5 Å². The smallest absolute Gasteiger partial charge is 0.388 e. The van der Waals surface area contributed by atoms with E-state index in [1.54, 1.807) is 16.2 Å². The summed E-state index contributed by atoms with van der Waals surface area (Å²) < 4.78 is 20.4. The summed E-state index contributed by atoms with van der Waals surface area (Å²) in [7, 11) is 0. The van der Waals surface area contributed by atoms with E-state index in [2.05, 4.69) is 11.2 Å². The molecule has 4 aromatic rings. The molecule has 31 heavy (non-hydrogen) atoms. The molecular formula is C22H19FN4O3S. The number of aromatic nitrogens is 3. The largest absolute Gasteiger partial charge is 0.437 e. The monoisotopic (exact) mass is 438 g/mol. The van der Waals surface area contributed by atoms with Gasteiger partial charge in [0.2, 0.25) is 11.8 Å². The van der Waals surface area contributed by atoms with Crippen LogP contribution in [0.25, 0.3) is 21.7 Å². The number of piperidine rings is 1. The predicted octanol–water partition coefficient (Wildman–Crippen LogP) is 3.66. The lowest BCUT2D eigenvalue weighted by atomic mass is 9.98. The minimum Gasteiger partial charge on any atom is -0.388 e. The second-order valence-electron chi connectivity index (χ2n) is 7.54. The summed E-state index contributed by atoms with van der Waals surface area (Å²) in [5.74, 6) is -1.06. The molecule has 0 unspecified atom stereocenters. The van der Waals surface area contributed by atoms with Crippen LogP contribution in [-0.2, 0) is 11.3 Å². The van der Waals surface area contributed by atoms with Gasteiger partial charge < -0.3 is 9.32 Å². The Bertz CT molecular complexity index is 1260. The molecule has 1 aliphatic rings. The van der Waals surface area contributed by atoms with Crippen molar-refractivity contribution < 1.29 is 13.6 Å². The summed E-state index contributed by atoms with van der Waals surface area (Å²) in [6, 6.07) is 13.5. The highest BCUT2D eigenvalue weighted by Gasteiger charge is 2.27. The number of amides is 1. The lowest BCUT2D eigenvalue weighted by Crippen LogP contribution is -2.42. The summed E-state index contributed by atoms with van der Waals surface area (Å²) in [5.41, 5.74) is 1.45. The second-order valence-corrected chi connectivity index (χ2v) is 8.60. The van der Waals surface area contributed by atoms with Crippen molar-refractivity contribution in [2.45, 2.75) is 25.3 Å². The van der Waals surface area contributed by atoms with Gasteiger partial charge in [0.15, 0.2) is 0 Å². The first kappa shape index (κ1) is 19.6. The highest BCUT2D eigenvalue weighted by Crippen LogP contribution is 2.33. The lowest BCUT2D eigenvalue weighted by Gasteiger charge is -2.31. The maximum Gasteiger partial charge on any atom is 0.437 e. The Morgan fingerprint density at radius 1 is 1.19 bits per heavy atom. The number of rotatable bonds is 4. The molecule has 0 radical (unpaired) electrons. The average molecular weight is 438 g/mol. The fraction of sp³-hybridized carbons (Fsp3) is 0.273. The number of fused-ring (bicyclic) bond motifs is 1. The number of thiazole rings is 1. The Morgan fingerprint density at radius 2 is 2.00 bits per heavy atom. The van der Waals surface area contributed by atoms with Crippen LogP contribution in [0.2, 0.25) is 0 Å². The van der Waals surface area contributed by atoms with Gasteiger partial charge in [-0.1, -0.05) is 12.1 Å². The zero-order valence-electron chi connectivity index (χ0n) is 16.5. The average Bonchev–Trinajstić information content (AvgIpc) is 3.38. The molecule has 0 N–H and O–H groups in total. The van der Waals surface area contributed by atoms with Crippen LogP contribution >= 0.6 is 11.3 Å². The van der Waals surface area contributed by atoms with E-state index in [4.69, 9.17) is 9.40 Å². The van der Waals surface area contributed by atoms with Gasteiger partial charge in [0.1, 0.15) is 12.4 Å². The third-order valence-electron chi connectivity index (χ3n) is 5.42. The molecule has 0 spiro atoms. The fourth-order valence-electron chi connectivity index (χ4n) is 3.81. The maximum atomic E-state index is 13.1. The molecule has 0 saturated carbocycles. The van der Waals surface area contributed by atoms with E-state index in [1.165, 1.54) is 24.3 Å². The number of likely N-dealkylation sites (tertiary alicyclic amines) is 1. The third-order valence-corrected chi connectivity index (χ3v) is 6.62. The van der Waals surface area contributed by atoms with Gasteiger partial charge in [-0.15, -0.1) is 16.4 Å². The zero-order valence-corrected chi connectivity index (χ0v) is 17.3. The standard InChI is InChI=1S/C22H19FN4O3S/c23-16-9-7-14(8-10-16)20-25-27(22(29)30-20)13-19(28)26-11-3-4-15(12-26)21-24-17-5-1-2-6-18(17)31-21/h1-2,5-10,15H,3-4,11-13H2/t15-/m0/s1. The predicted molar refractivity (Wildman–Crippen MR) is 114 cm³/mol. The normalized spacial score (nSPS) is 16.7. The van der Waals surface area contributed by atoms with Crippen molar-refractivity contribution >= 4 is 27.5 Å². The molecule has 1 aliphatic heterocycles. The van der Waals surface area contributed by atoms with Crippen LogP contribution in [0, 0.1) is 5.82 Å². The number of carbonyl (C=O) groups excluding carboxylic acids is 1. The Hall–Kier alpha value is -3.33. The number of benzene rings is 2. The molecule has 1 saturated heterocycles. The van der Waals surface area contributed by atoms with Gasteiger partial charge in [0.05, 0.1) is 15.2 Å². The third kappa shape index (κ3) is 4.00. The highest BCUT2D eigenvalue weighted by atomic mass is 32.1. The molecule has 158 valence electrons. The van der Waals surface area contributed by atoms with Crippen molar-refractivity contribution in [3.05, 3.63) is 69.9 Å². The topological polar surface area (TPSA) is 81.2 Å². The zero-order chi connectivity index (χ0) is 21.4. The molecule has 1 atom stereocenters. The first-order valence-electron chi connectivity index (χ1n) is 10.0. The van der Waals surface area contributed by atoms with Gasteiger partial charge in [0, 0.05) is 24.6 Å². The highest BCUT2D eigenvalue weighted by molar-refractivity contribution is 7.18. The summed E-state index contributed by atoms with van der Waals surface area (Å²) in [6.07, 6.45) is 1.85. The number of hydrogen-bond donors (Lipinski definition) is 0. The number of nitrogens with zero attached hydrogens (tertiary/aromatic N) is 4. The molecule has 0 bridgehead atoms. The number of hydrogen-bond acceptors (Lipinski definition) is 6. The van der Waals surface area contributed by atoms with Gasteiger partial charge >= 0.3 is 5.76 Å². The van der Waals surface area contributed by atoms with Crippen LogP contribution in [0.3, 0.4) is 0 Å². The first-order chi connectivity index (χ1) is 15.1. The summed E-state index contributed by atoms with van der Waals surface area (Å²) in [6.45, 7) is 1.00. The van der Waals surface area contributed by atoms with Gasteiger partial charge in [-0.05, 0) is 49.2 Å². The molecule has 7 nitrogen and oxygen atoms in total. The molecule has 3 heterocycles. The van der Waals surface area contributed by atoms with Crippen molar-refractivity contribution in [1.29, 1.82) is 0 Å². The molecular weight excluding hydrogens is 419 g/mol. The molecule has 2 aromatic heterocycles. The minimum atomic E-state index is -0.715. The van der Waals surface area contributed by atoms with Crippen LogP contribution in [0.1, 0.15) is 23.8 Å². The van der Waals surface area contributed by atoms with Crippen molar-refractivity contribution in [2.75, 3.05) is 13.1 Å². The maximum absolute atomic E-state index is 13.1. The number of halogens is 1. The van der Waals surface area contributed by atoms with Gasteiger partial charge in [-0.25, -0.2) is 14.2 Å². The Kier molecular flexibility index (Phi) is 5.11. The van der Waals surface area contributed by atoms with Crippen molar-refractivity contribution in [2.24, 2.45) is 0 Å². The first-order valence-corrected chi connectivity index (χ1v) is 10.9. The van der Waals surface area contributed by atoms with Gasteiger partial charge in [-0.2, -0.15) is 4.68 Å². The van der Waals surface area contributed by atoms with E-state index in [0.29, 0.717) is 18.7 Å². The molecule has 9 heteroatoms. The van der Waals surface area contributed by atoms with Crippen LogP contribution in [-0.4, -0.2) is 38.7 Å². The van der Waals surface area contributed by atoms with Crippen molar-refractivity contribution in [1.82, 2.24) is 19.7 Å². The fourth-order valence-corrected chi connectivity index (χ4v) is 4.91. The second kappa shape index (κ2) is 8.07. The Labute approximate surface area is 180 Å². The number of carbonyl (C=O) groups is 1. The van der Waals surface area contributed by atoms with E-state index < -0.39 is 11.6 Å². The molecule has 0 aliphatic carbocycles. The SMILES string of the molecule is O=C(Cn1nc(-c2ccc(F)cc2)oc1=O)N1CCC[C@H](c2nc3ccccc3s2)C1. The van der Waals surface area contributed by atoms with E-state index in [1.807, 2.05) is 18.2 Å². The summed E-state index contributed by atoms with van der Waals surface area (Å²) in [4.78, 5) is 31.5. The molecule has 1 amide bonds. The van der Waals surface area contributed by atoms with E-state index in [9.17, 15) is 14.0 Å². The van der Waals surface area contributed by atoms with E-state index in [-0.39, 0.29) is 24.3 Å².